The molecule has 1 heterocycles. The molecule has 0 radical (unpaired) electrons. The molecule has 16 heavy (non-hydrogen) atoms. The van der Waals surface area contributed by atoms with Gasteiger partial charge in [0.05, 0.1) is 11.6 Å². The minimum atomic E-state index is -0.00237. The molecule has 0 aliphatic carbocycles. The number of benzene rings is 1. The van der Waals surface area contributed by atoms with Crippen LogP contribution in [0.3, 0.4) is 0 Å². The molecule has 0 bridgehead atoms. The second-order valence-corrected chi connectivity index (χ2v) is 3.99. The van der Waals surface area contributed by atoms with Crippen molar-refractivity contribution in [1.82, 2.24) is 4.90 Å². The largest absolute Gasteiger partial charge is 0.337 e. The number of carbonyl (C=O) groups excluding carboxylic acids is 1. The lowest BCUT2D eigenvalue weighted by Crippen LogP contribution is -2.31. The van der Waals surface area contributed by atoms with Crippen LogP contribution in [0.15, 0.2) is 24.3 Å². The third-order valence-electron chi connectivity index (χ3n) is 2.77. The van der Waals surface area contributed by atoms with Gasteiger partial charge in [-0.1, -0.05) is 0 Å². The molecule has 1 aromatic rings. The van der Waals surface area contributed by atoms with Crippen molar-refractivity contribution in [1.29, 1.82) is 5.26 Å². The topological polar surface area (TPSA) is 70.1 Å². The number of nitriles is 1. The Morgan fingerprint density at radius 3 is 2.62 bits per heavy atom. The van der Waals surface area contributed by atoms with E-state index >= 15 is 0 Å². The molecule has 1 saturated heterocycles. The minimum Gasteiger partial charge on any atom is -0.337 e. The molecule has 2 N–H and O–H groups in total. The average Bonchev–Trinajstić information content (AvgIpc) is 2.75. The van der Waals surface area contributed by atoms with Gasteiger partial charge in [0.15, 0.2) is 0 Å². The lowest BCUT2D eigenvalue weighted by molar-refractivity contribution is 0.0791. The molecule has 1 aromatic carbocycles. The van der Waals surface area contributed by atoms with Crippen LogP contribution in [0.25, 0.3) is 0 Å². The third kappa shape index (κ3) is 2.05. The van der Waals surface area contributed by atoms with E-state index in [1.165, 1.54) is 0 Å². The Labute approximate surface area is 94.3 Å². The fourth-order valence-electron chi connectivity index (χ4n) is 1.84. The van der Waals surface area contributed by atoms with Crippen LogP contribution in [0.5, 0.6) is 0 Å². The Bertz CT molecular complexity index is 433. The van der Waals surface area contributed by atoms with Gasteiger partial charge in [0, 0.05) is 24.7 Å². The maximum atomic E-state index is 12.0. The summed E-state index contributed by atoms with van der Waals surface area (Å²) < 4.78 is 0. The van der Waals surface area contributed by atoms with Crippen LogP contribution >= 0.6 is 0 Å². The minimum absolute atomic E-state index is 0.00237. The number of nitrogens with zero attached hydrogens (tertiary/aromatic N) is 2. The molecular formula is C12H13N3O. The van der Waals surface area contributed by atoms with Crippen molar-refractivity contribution in [2.75, 3.05) is 13.1 Å². The number of amides is 1. The number of likely N-dealkylation sites (tertiary alicyclic amines) is 1. The summed E-state index contributed by atoms with van der Waals surface area (Å²) in [4.78, 5) is 13.7. The van der Waals surface area contributed by atoms with Crippen LogP contribution in [0.2, 0.25) is 0 Å². The Hall–Kier alpha value is -1.86. The van der Waals surface area contributed by atoms with Crippen LogP contribution in [0, 0.1) is 11.3 Å². The van der Waals surface area contributed by atoms with E-state index in [1.54, 1.807) is 29.2 Å². The van der Waals surface area contributed by atoms with Crippen molar-refractivity contribution in [3.8, 4) is 6.07 Å². The molecule has 2 rings (SSSR count). The highest BCUT2D eigenvalue weighted by atomic mass is 16.2. The highest BCUT2D eigenvalue weighted by Gasteiger charge is 2.24. The summed E-state index contributed by atoms with van der Waals surface area (Å²) >= 11 is 0. The SMILES string of the molecule is N#Cc1ccc(C(=O)N2CCC(N)C2)cc1. The van der Waals surface area contributed by atoms with Gasteiger partial charge in [0.2, 0.25) is 0 Å². The lowest BCUT2D eigenvalue weighted by Gasteiger charge is -2.15. The molecule has 82 valence electrons. The number of rotatable bonds is 1. The molecule has 1 aliphatic rings. The predicted octanol–water partition coefficient (Wildman–Crippen LogP) is 0.731. The fraction of sp³-hybridized carbons (Fsp3) is 0.333. The Kier molecular flexibility index (Phi) is 2.88. The van der Waals surface area contributed by atoms with Crippen LogP contribution in [0.1, 0.15) is 22.3 Å². The van der Waals surface area contributed by atoms with Gasteiger partial charge >= 0.3 is 0 Å². The van der Waals surface area contributed by atoms with E-state index in [0.29, 0.717) is 17.7 Å². The maximum absolute atomic E-state index is 12.0. The van der Waals surface area contributed by atoms with E-state index in [0.717, 1.165) is 13.0 Å². The quantitative estimate of drug-likeness (QED) is 0.750. The van der Waals surface area contributed by atoms with Gasteiger partial charge in [-0.3, -0.25) is 4.79 Å². The van der Waals surface area contributed by atoms with Gasteiger partial charge in [-0.2, -0.15) is 5.26 Å². The normalized spacial score (nSPS) is 19.5. The molecule has 4 nitrogen and oxygen atoms in total. The van der Waals surface area contributed by atoms with Crippen molar-refractivity contribution >= 4 is 5.91 Å². The molecule has 0 saturated carbocycles. The summed E-state index contributed by atoms with van der Waals surface area (Å²) in [6, 6.07) is 8.81. The van der Waals surface area contributed by atoms with E-state index in [4.69, 9.17) is 11.0 Å². The first-order valence-electron chi connectivity index (χ1n) is 5.25. The number of carbonyl (C=O) groups is 1. The van der Waals surface area contributed by atoms with Crippen LogP contribution < -0.4 is 5.73 Å². The molecule has 1 amide bonds. The molecule has 1 fully saturated rings. The fourth-order valence-corrected chi connectivity index (χ4v) is 1.84. The standard InChI is InChI=1S/C12H13N3O/c13-7-9-1-3-10(4-2-9)12(16)15-6-5-11(14)8-15/h1-4,11H,5-6,8,14H2. The van der Waals surface area contributed by atoms with Gasteiger partial charge in [0.1, 0.15) is 0 Å². The first kappa shape index (κ1) is 10.7. The molecule has 1 atom stereocenters. The van der Waals surface area contributed by atoms with Crippen molar-refractivity contribution < 1.29 is 4.79 Å². The molecule has 0 spiro atoms. The molecule has 1 aliphatic heterocycles. The second-order valence-electron chi connectivity index (χ2n) is 3.99. The number of nitrogens with two attached hydrogens (primary N) is 1. The number of hydrogen-bond donors (Lipinski definition) is 1. The highest BCUT2D eigenvalue weighted by molar-refractivity contribution is 5.94. The predicted molar refractivity (Wildman–Crippen MR) is 59.7 cm³/mol. The van der Waals surface area contributed by atoms with E-state index in [9.17, 15) is 4.79 Å². The van der Waals surface area contributed by atoms with Crippen LogP contribution in [0.4, 0.5) is 0 Å². The first-order valence-corrected chi connectivity index (χ1v) is 5.25. The summed E-state index contributed by atoms with van der Waals surface area (Å²) in [5.74, 6) is -0.00237. The highest BCUT2D eigenvalue weighted by Crippen LogP contribution is 2.12. The summed E-state index contributed by atoms with van der Waals surface area (Å²) in [7, 11) is 0. The third-order valence-corrected chi connectivity index (χ3v) is 2.77. The zero-order valence-electron chi connectivity index (χ0n) is 8.89. The maximum Gasteiger partial charge on any atom is 0.253 e. The van der Waals surface area contributed by atoms with Crippen molar-refractivity contribution in [2.45, 2.75) is 12.5 Å². The Morgan fingerprint density at radius 2 is 2.12 bits per heavy atom. The summed E-state index contributed by atoms with van der Waals surface area (Å²) in [5.41, 5.74) is 6.93. The zero-order chi connectivity index (χ0) is 11.5. The Morgan fingerprint density at radius 1 is 1.44 bits per heavy atom. The summed E-state index contributed by atoms with van der Waals surface area (Å²) in [5, 5.41) is 8.65. The summed E-state index contributed by atoms with van der Waals surface area (Å²) in [6.07, 6.45) is 0.863. The van der Waals surface area contributed by atoms with Crippen molar-refractivity contribution in [3.05, 3.63) is 35.4 Å². The molecule has 1 unspecified atom stereocenters. The van der Waals surface area contributed by atoms with Crippen LogP contribution in [-0.2, 0) is 0 Å². The summed E-state index contributed by atoms with van der Waals surface area (Å²) in [6.45, 7) is 1.35. The van der Waals surface area contributed by atoms with Gasteiger partial charge in [-0.05, 0) is 30.7 Å². The van der Waals surface area contributed by atoms with E-state index in [1.807, 2.05) is 6.07 Å². The monoisotopic (exact) mass is 215 g/mol. The van der Waals surface area contributed by atoms with Gasteiger partial charge in [-0.15, -0.1) is 0 Å². The van der Waals surface area contributed by atoms with Crippen molar-refractivity contribution in [2.24, 2.45) is 5.73 Å². The Balaban J connectivity index is 2.12. The van der Waals surface area contributed by atoms with E-state index in [-0.39, 0.29) is 11.9 Å². The van der Waals surface area contributed by atoms with Crippen LogP contribution in [-0.4, -0.2) is 29.9 Å². The first-order chi connectivity index (χ1) is 7.70. The van der Waals surface area contributed by atoms with Gasteiger partial charge in [-0.25, -0.2) is 0 Å². The number of hydrogen-bond acceptors (Lipinski definition) is 3. The average molecular weight is 215 g/mol. The molecule has 4 heteroatoms. The molecule has 0 aromatic heterocycles. The van der Waals surface area contributed by atoms with Gasteiger partial charge in [0.25, 0.3) is 5.91 Å². The van der Waals surface area contributed by atoms with Gasteiger partial charge < -0.3 is 10.6 Å². The van der Waals surface area contributed by atoms with E-state index < -0.39 is 0 Å². The smallest absolute Gasteiger partial charge is 0.253 e. The zero-order valence-corrected chi connectivity index (χ0v) is 8.89. The molecular weight excluding hydrogens is 202 g/mol. The second kappa shape index (κ2) is 4.33. The lowest BCUT2D eigenvalue weighted by atomic mass is 10.1. The van der Waals surface area contributed by atoms with E-state index in [2.05, 4.69) is 0 Å². The van der Waals surface area contributed by atoms with Crippen molar-refractivity contribution in [3.63, 3.8) is 0 Å².